The minimum Gasteiger partial charge on any atom is -0.656 e. The number of ether oxygens (including phenoxy) is 2. The van der Waals surface area contributed by atoms with Gasteiger partial charge in [-0.25, -0.2) is 4.98 Å². The monoisotopic (exact) mass is 1060 g/mol. The first-order valence-electron chi connectivity index (χ1n) is 24.1. The summed E-state index contributed by atoms with van der Waals surface area (Å²) in [4.78, 5) is 89.0. The van der Waals surface area contributed by atoms with Gasteiger partial charge >= 0.3 is 58.9 Å². The molecule has 23 nitrogen and oxygen atoms in total. The summed E-state index contributed by atoms with van der Waals surface area (Å²) >= 11 is 0. The van der Waals surface area contributed by atoms with Gasteiger partial charge in [0.15, 0.2) is 0 Å². The van der Waals surface area contributed by atoms with E-state index in [0.29, 0.717) is 25.7 Å². The number of rotatable bonds is 22. The Morgan fingerprint density at radius 1 is 0.712 bits per heavy atom. The summed E-state index contributed by atoms with van der Waals surface area (Å²) in [6, 6.07) is -6.13. The molecule has 73 heavy (non-hydrogen) atoms. The number of carbonyl (C=O) groups excluding carboxylic acids is 2. The first kappa shape index (κ1) is 60.0. The molecule has 0 spiro atoms. The number of esters is 2. The number of carboxylic acids is 5. The fraction of sp³-hybridized carbons (Fsp3) is 0.592. The standard InChI is InChI=1S/C43H60N6O12.C6H9N3O2.Fe/c1-5-22-20(3)30-14-33-23(6-2)26(18-60-40(54)12-9-28(44)42(56)57)36(48-33)15-31-21(4)24(7-10-38(50)51)34(47-31)17-35-25(8-11-39(52)53)27(37(49-35)16-32(22)46-30)19-61-41(55)13-29(45)43(58)59;7-5(6(10)11)1-4-2-8-3-9-4;/h5-6,25,27-37,46-47H,1-2,7-19,44-45H2,3-4H3,(H,50,51)(H,52,53)(H,56,57)(H,58,59);2-3,5H,1,7H2,(H,8,9)(H,10,11);/q-2;;+2/t25?,27?,28-,29-,30?,31?,32?,33?,34?,35?,36?,37?;5-;/m00./s1. The minimum atomic E-state index is -1.45. The van der Waals surface area contributed by atoms with Crippen LogP contribution in [-0.2, 0) is 66.5 Å². The Kier molecular flexibility index (Phi) is 22.7. The average Bonchev–Trinajstić information content (AvgIpc) is 4.14. The summed E-state index contributed by atoms with van der Waals surface area (Å²) in [6.45, 7) is 12.0. The molecular weight excluding hydrogens is 994 g/mol. The van der Waals surface area contributed by atoms with E-state index in [-0.39, 0.29) is 111 Å². The van der Waals surface area contributed by atoms with Crippen LogP contribution in [0.15, 0.2) is 71.3 Å². The molecule has 1 aromatic rings. The summed E-state index contributed by atoms with van der Waals surface area (Å²) in [7, 11) is 0. The molecule has 6 heterocycles. The van der Waals surface area contributed by atoms with Gasteiger partial charge < -0.3 is 78.5 Å². The molecule has 24 heteroatoms. The van der Waals surface area contributed by atoms with Gasteiger partial charge in [-0.05, 0) is 75.9 Å². The number of nitrogens with one attached hydrogen (secondary N) is 3. The number of aromatic amines is 1. The van der Waals surface area contributed by atoms with Crippen molar-refractivity contribution in [2.24, 2.45) is 29.0 Å². The zero-order chi connectivity index (χ0) is 53.0. The molecule has 6 rings (SSSR count). The smallest absolute Gasteiger partial charge is 0.656 e. The number of carbonyl (C=O) groups is 7. The van der Waals surface area contributed by atoms with Crippen LogP contribution in [0.5, 0.6) is 0 Å². The van der Waals surface area contributed by atoms with Crippen molar-refractivity contribution in [2.45, 2.75) is 157 Å². The van der Waals surface area contributed by atoms with Crippen molar-refractivity contribution in [3.05, 3.63) is 87.6 Å². The van der Waals surface area contributed by atoms with Gasteiger partial charge in [0.05, 0.1) is 19.4 Å². The Labute approximate surface area is 433 Å². The van der Waals surface area contributed by atoms with Crippen molar-refractivity contribution in [2.75, 3.05) is 13.2 Å². The van der Waals surface area contributed by atoms with Gasteiger partial charge in [0.25, 0.3) is 0 Å². The molecule has 1 aromatic heterocycles. The minimum absolute atomic E-state index is 0. The molecule has 0 aromatic carbocycles. The van der Waals surface area contributed by atoms with E-state index in [4.69, 9.17) is 42.4 Å². The van der Waals surface area contributed by atoms with Crippen molar-refractivity contribution >= 4 is 41.8 Å². The fourth-order valence-electron chi connectivity index (χ4n) is 10.6. The molecule has 0 aliphatic carbocycles. The maximum Gasteiger partial charge on any atom is 2.00 e. The fourth-order valence-corrected chi connectivity index (χ4v) is 10.6. The Balaban J connectivity index is 0.000000850. The van der Waals surface area contributed by atoms with Crippen LogP contribution in [0.1, 0.15) is 90.2 Å². The predicted molar refractivity (Wildman–Crippen MR) is 260 cm³/mol. The number of nitrogens with zero attached hydrogens (tertiary/aromatic N) is 3. The van der Waals surface area contributed by atoms with E-state index in [9.17, 15) is 54.0 Å². The summed E-state index contributed by atoms with van der Waals surface area (Å²) in [5, 5.41) is 64.6. The second-order valence-electron chi connectivity index (χ2n) is 19.0. The molecule has 2 saturated heterocycles. The number of H-pyrrole nitrogens is 1. The van der Waals surface area contributed by atoms with E-state index >= 15 is 0 Å². The normalized spacial score (nSPS) is 27.7. The number of hydrogen-bond donors (Lipinski definition) is 11. The number of nitrogens with two attached hydrogens (primary N) is 3. The third kappa shape index (κ3) is 16.2. The SMILES string of the molecule is C=CC1=C(COC(=O)CC[C@H](N)C(=O)O)C2CC3NC(CC4[N-]C(CC5NC(CC1[N-]2)C(C)=C5C=C)C(COC(=O)C[C@H](N)C(=O)O)C4CCC(=O)O)C(CCC(=O)O)=C3C.N[C@@H](Cc1cnc[nH]1)C(=O)O.[Fe+2]. The summed E-state index contributed by atoms with van der Waals surface area (Å²) in [6.07, 6.45) is 8.12. The van der Waals surface area contributed by atoms with Crippen LogP contribution in [0.4, 0.5) is 0 Å². The van der Waals surface area contributed by atoms with Crippen molar-refractivity contribution in [1.29, 1.82) is 0 Å². The van der Waals surface area contributed by atoms with Gasteiger partial charge in [-0.1, -0.05) is 53.5 Å². The van der Waals surface area contributed by atoms with Crippen molar-refractivity contribution < 1.29 is 85.6 Å². The topological polar surface area (TPSA) is 398 Å². The third-order valence-corrected chi connectivity index (χ3v) is 14.5. The molecule has 0 amide bonds. The first-order chi connectivity index (χ1) is 34.1. The van der Waals surface area contributed by atoms with Crippen LogP contribution in [0.25, 0.3) is 10.6 Å². The van der Waals surface area contributed by atoms with Gasteiger partial charge in [-0.2, -0.15) is 0 Å². The number of aromatic nitrogens is 2. The van der Waals surface area contributed by atoms with E-state index in [1.165, 1.54) is 6.33 Å². The second kappa shape index (κ2) is 27.6. The molecule has 13 atom stereocenters. The summed E-state index contributed by atoms with van der Waals surface area (Å²) in [5.41, 5.74) is 22.7. The van der Waals surface area contributed by atoms with E-state index in [0.717, 1.165) is 39.1 Å². The molecule has 2 fully saturated rings. The predicted octanol–water partition coefficient (Wildman–Crippen LogP) is 2.20. The summed E-state index contributed by atoms with van der Waals surface area (Å²) < 4.78 is 11.4. The molecule has 0 radical (unpaired) electrons. The zero-order valence-corrected chi connectivity index (χ0v) is 42.1. The largest absolute Gasteiger partial charge is 2.00 e. The maximum absolute atomic E-state index is 12.9. The molecule has 0 saturated carbocycles. The molecule has 10 unspecified atom stereocenters. The van der Waals surface area contributed by atoms with Gasteiger partial charge in [0.2, 0.25) is 0 Å². The van der Waals surface area contributed by atoms with Crippen molar-refractivity contribution in [1.82, 2.24) is 20.6 Å². The van der Waals surface area contributed by atoms with E-state index in [1.54, 1.807) is 12.3 Å². The number of fused-ring (bicyclic) bond motifs is 8. The Hall–Kier alpha value is -5.56. The van der Waals surface area contributed by atoms with E-state index in [2.05, 4.69) is 33.8 Å². The molecule has 5 aliphatic rings. The van der Waals surface area contributed by atoms with Crippen LogP contribution >= 0.6 is 0 Å². The van der Waals surface area contributed by atoms with Crippen LogP contribution in [0, 0.1) is 11.8 Å². The maximum atomic E-state index is 12.9. The molecule has 5 aliphatic heterocycles. The van der Waals surface area contributed by atoms with Crippen LogP contribution in [-0.4, -0.2) is 157 Å². The van der Waals surface area contributed by atoms with Gasteiger partial charge in [0.1, 0.15) is 24.7 Å². The van der Waals surface area contributed by atoms with Gasteiger partial charge in [-0.15, -0.1) is 24.2 Å². The second-order valence-corrected chi connectivity index (χ2v) is 19.0. The summed E-state index contributed by atoms with van der Waals surface area (Å²) in [5.74, 6) is -7.67. The van der Waals surface area contributed by atoms with Gasteiger partial charge in [-0.3, -0.25) is 33.6 Å². The van der Waals surface area contributed by atoms with Crippen LogP contribution in [0.2, 0.25) is 0 Å². The third-order valence-electron chi connectivity index (χ3n) is 14.5. The first-order valence-corrected chi connectivity index (χ1v) is 24.1. The van der Waals surface area contributed by atoms with Crippen molar-refractivity contribution in [3.8, 4) is 0 Å². The number of carboxylic acid groups (broad SMARTS) is 5. The van der Waals surface area contributed by atoms with E-state index in [1.807, 2.05) is 19.9 Å². The number of hydrogen-bond acceptors (Lipinski definition) is 15. The van der Waals surface area contributed by atoms with Crippen LogP contribution < -0.4 is 27.8 Å². The Morgan fingerprint density at radius 2 is 1.32 bits per heavy atom. The quantitative estimate of drug-likeness (QED) is 0.0450. The Morgan fingerprint density at radius 3 is 1.92 bits per heavy atom. The zero-order valence-electron chi connectivity index (χ0n) is 41.0. The average molecular weight is 1060 g/mol. The van der Waals surface area contributed by atoms with Gasteiger partial charge in [0, 0.05) is 61.7 Å². The number of imidazole rings is 1. The number of aliphatic carboxylic acids is 5. The Bertz CT molecular complexity index is 2290. The molecular formula is C49H69FeN9O14. The molecule has 402 valence electrons. The van der Waals surface area contributed by atoms with E-state index < -0.39 is 90.4 Å². The molecule has 8 bridgehead atoms. The van der Waals surface area contributed by atoms with Crippen molar-refractivity contribution in [3.63, 3.8) is 0 Å². The molecule has 14 N–H and O–H groups in total. The van der Waals surface area contributed by atoms with Crippen LogP contribution in [0.3, 0.4) is 0 Å².